The van der Waals surface area contributed by atoms with E-state index in [0.717, 1.165) is 12.1 Å². The zero-order valence-corrected chi connectivity index (χ0v) is 9.38. The molecule has 0 aliphatic heterocycles. The van der Waals surface area contributed by atoms with Crippen LogP contribution in [0.2, 0.25) is 0 Å². The predicted molar refractivity (Wildman–Crippen MR) is 55.4 cm³/mol. The maximum Gasteiger partial charge on any atom is 0.226 e. The lowest BCUT2D eigenvalue weighted by atomic mass is 10.4. The summed E-state index contributed by atoms with van der Waals surface area (Å²) in [6.07, 6.45) is 2.33. The molecule has 0 aromatic carbocycles. The first-order chi connectivity index (χ1) is 7.78. The molecule has 0 bridgehead atoms. The molecule has 0 aliphatic carbocycles. The van der Waals surface area contributed by atoms with Gasteiger partial charge in [0.15, 0.2) is 5.82 Å². The Bertz CT molecular complexity index is 424. The molecule has 6 heteroatoms. The van der Waals surface area contributed by atoms with Crippen molar-refractivity contribution < 1.29 is 9.05 Å². The van der Waals surface area contributed by atoms with Gasteiger partial charge in [-0.3, -0.25) is 4.90 Å². The number of hydrogen-bond donors (Lipinski definition) is 0. The summed E-state index contributed by atoms with van der Waals surface area (Å²) in [6.45, 7) is 3.32. The first-order valence-electron chi connectivity index (χ1n) is 5.17. The van der Waals surface area contributed by atoms with E-state index in [-0.39, 0.29) is 0 Å². The first kappa shape index (κ1) is 10.8. The van der Waals surface area contributed by atoms with Crippen molar-refractivity contribution >= 4 is 0 Å². The van der Waals surface area contributed by atoms with E-state index in [0.29, 0.717) is 24.8 Å². The van der Waals surface area contributed by atoms with Crippen molar-refractivity contribution in [2.45, 2.75) is 26.4 Å². The topological polar surface area (TPSA) is 68.2 Å². The SMILES string of the molecule is CCc1nc(CN(C)Cc2ccon2)no1. The van der Waals surface area contributed by atoms with E-state index in [1.165, 1.54) is 0 Å². The van der Waals surface area contributed by atoms with E-state index < -0.39 is 0 Å². The molecule has 2 aromatic heterocycles. The maximum atomic E-state index is 5.03. The number of nitrogens with zero attached hydrogens (tertiary/aromatic N) is 4. The second-order valence-corrected chi connectivity index (χ2v) is 3.62. The number of aromatic nitrogens is 3. The van der Waals surface area contributed by atoms with Crippen molar-refractivity contribution in [1.82, 2.24) is 20.2 Å². The van der Waals surface area contributed by atoms with Crippen molar-refractivity contribution in [2.24, 2.45) is 0 Å². The van der Waals surface area contributed by atoms with Crippen molar-refractivity contribution in [3.8, 4) is 0 Å². The highest BCUT2D eigenvalue weighted by atomic mass is 16.5. The third-order valence-corrected chi connectivity index (χ3v) is 2.15. The zero-order chi connectivity index (χ0) is 11.4. The lowest BCUT2D eigenvalue weighted by Crippen LogP contribution is -2.18. The minimum Gasteiger partial charge on any atom is -0.364 e. The minimum absolute atomic E-state index is 0.635. The smallest absolute Gasteiger partial charge is 0.226 e. The van der Waals surface area contributed by atoms with Crippen LogP contribution in [-0.4, -0.2) is 27.2 Å². The van der Waals surface area contributed by atoms with Crippen molar-refractivity contribution in [2.75, 3.05) is 7.05 Å². The van der Waals surface area contributed by atoms with Crippen molar-refractivity contribution in [1.29, 1.82) is 0 Å². The summed E-state index contributed by atoms with van der Waals surface area (Å²) >= 11 is 0. The second kappa shape index (κ2) is 4.89. The first-order valence-corrected chi connectivity index (χ1v) is 5.17. The van der Waals surface area contributed by atoms with Crippen LogP contribution in [0.3, 0.4) is 0 Å². The second-order valence-electron chi connectivity index (χ2n) is 3.62. The number of aryl methyl sites for hydroxylation is 1. The molecule has 0 radical (unpaired) electrons. The molecule has 0 saturated heterocycles. The fraction of sp³-hybridized carbons (Fsp3) is 0.500. The van der Waals surface area contributed by atoms with E-state index >= 15 is 0 Å². The van der Waals surface area contributed by atoms with Gasteiger partial charge in [-0.15, -0.1) is 0 Å². The lowest BCUT2D eigenvalue weighted by Gasteiger charge is -2.11. The maximum absolute atomic E-state index is 5.03. The van der Waals surface area contributed by atoms with E-state index in [2.05, 4.69) is 15.3 Å². The minimum atomic E-state index is 0.635. The lowest BCUT2D eigenvalue weighted by molar-refractivity contribution is 0.288. The Morgan fingerprint density at radius 2 is 2.19 bits per heavy atom. The third kappa shape index (κ3) is 2.66. The molecule has 2 heterocycles. The van der Waals surface area contributed by atoms with Gasteiger partial charge in [0, 0.05) is 19.0 Å². The van der Waals surface area contributed by atoms with Crippen LogP contribution in [0.1, 0.15) is 24.3 Å². The fourth-order valence-electron chi connectivity index (χ4n) is 1.39. The van der Waals surface area contributed by atoms with Gasteiger partial charge in [0.1, 0.15) is 6.26 Å². The van der Waals surface area contributed by atoms with Crippen LogP contribution < -0.4 is 0 Å². The molecule has 16 heavy (non-hydrogen) atoms. The van der Waals surface area contributed by atoms with Gasteiger partial charge >= 0.3 is 0 Å². The normalized spacial score (nSPS) is 11.2. The molecule has 2 aromatic rings. The molecular formula is C10H14N4O2. The Morgan fingerprint density at radius 1 is 1.31 bits per heavy atom. The Balaban J connectivity index is 1.89. The monoisotopic (exact) mass is 222 g/mol. The molecule has 0 atom stereocenters. The van der Waals surface area contributed by atoms with Crippen molar-refractivity contribution in [3.05, 3.63) is 29.7 Å². The summed E-state index contributed by atoms with van der Waals surface area (Å²) in [7, 11) is 1.97. The van der Waals surface area contributed by atoms with Gasteiger partial charge in [0.25, 0.3) is 0 Å². The molecule has 0 fully saturated rings. The quantitative estimate of drug-likeness (QED) is 0.758. The van der Waals surface area contributed by atoms with Crippen molar-refractivity contribution in [3.63, 3.8) is 0 Å². The molecule has 2 rings (SSSR count). The molecule has 86 valence electrons. The number of hydrogen-bond acceptors (Lipinski definition) is 6. The third-order valence-electron chi connectivity index (χ3n) is 2.15. The summed E-state index contributed by atoms with van der Waals surface area (Å²) in [5.74, 6) is 1.37. The molecule has 0 saturated carbocycles. The van der Waals surface area contributed by atoms with Crippen LogP contribution in [0, 0.1) is 0 Å². The Kier molecular flexibility index (Phi) is 3.31. The van der Waals surface area contributed by atoms with Crippen LogP contribution in [0.25, 0.3) is 0 Å². The molecular weight excluding hydrogens is 208 g/mol. The van der Waals surface area contributed by atoms with E-state index in [4.69, 9.17) is 9.05 Å². The summed E-state index contributed by atoms with van der Waals surface area (Å²) < 4.78 is 9.79. The summed E-state index contributed by atoms with van der Waals surface area (Å²) in [5.41, 5.74) is 0.890. The number of rotatable bonds is 5. The summed E-state index contributed by atoms with van der Waals surface area (Å²) in [4.78, 5) is 6.28. The Morgan fingerprint density at radius 3 is 2.81 bits per heavy atom. The Labute approximate surface area is 93.2 Å². The molecule has 6 nitrogen and oxygen atoms in total. The van der Waals surface area contributed by atoms with Crippen LogP contribution in [0.5, 0.6) is 0 Å². The van der Waals surface area contributed by atoms with E-state index in [9.17, 15) is 0 Å². The largest absolute Gasteiger partial charge is 0.364 e. The van der Waals surface area contributed by atoms with E-state index in [1.54, 1.807) is 6.26 Å². The zero-order valence-electron chi connectivity index (χ0n) is 9.38. The Hall–Kier alpha value is -1.69. The van der Waals surface area contributed by atoms with Gasteiger partial charge in [0.2, 0.25) is 5.89 Å². The summed E-state index contributed by atoms with van der Waals surface area (Å²) in [5, 5.41) is 7.72. The average molecular weight is 222 g/mol. The molecule has 0 unspecified atom stereocenters. The van der Waals surface area contributed by atoms with Gasteiger partial charge < -0.3 is 9.05 Å². The van der Waals surface area contributed by atoms with Gasteiger partial charge in [-0.25, -0.2) is 0 Å². The van der Waals surface area contributed by atoms with E-state index in [1.807, 2.05) is 24.9 Å². The highest BCUT2D eigenvalue weighted by Crippen LogP contribution is 2.04. The molecule has 0 spiro atoms. The summed E-state index contributed by atoms with van der Waals surface area (Å²) in [6, 6.07) is 1.84. The van der Waals surface area contributed by atoms with Crippen LogP contribution in [0.4, 0.5) is 0 Å². The van der Waals surface area contributed by atoms with Gasteiger partial charge in [-0.2, -0.15) is 4.98 Å². The molecule has 0 aliphatic rings. The van der Waals surface area contributed by atoms with Crippen LogP contribution >= 0.6 is 0 Å². The van der Waals surface area contributed by atoms with Gasteiger partial charge in [-0.05, 0) is 7.05 Å². The molecule has 0 N–H and O–H groups in total. The highest BCUT2D eigenvalue weighted by molar-refractivity contribution is 4.95. The fourth-order valence-corrected chi connectivity index (χ4v) is 1.39. The highest BCUT2D eigenvalue weighted by Gasteiger charge is 2.09. The predicted octanol–water partition coefficient (Wildman–Crippen LogP) is 1.25. The molecule has 0 amide bonds. The van der Waals surface area contributed by atoms with Crippen LogP contribution in [0.15, 0.2) is 21.4 Å². The average Bonchev–Trinajstić information content (AvgIpc) is 2.89. The van der Waals surface area contributed by atoms with Gasteiger partial charge in [0.05, 0.1) is 12.2 Å². The van der Waals surface area contributed by atoms with Crippen LogP contribution in [-0.2, 0) is 19.5 Å². The van der Waals surface area contributed by atoms with Gasteiger partial charge in [-0.1, -0.05) is 17.2 Å². The standard InChI is InChI=1S/C10H14N4O2/c1-3-10-11-9(13-16-10)7-14(2)6-8-4-5-15-12-8/h4-5H,3,6-7H2,1-2H3.